The third kappa shape index (κ3) is 4.20. The number of benzene rings is 2. The van der Waals surface area contributed by atoms with Crippen molar-refractivity contribution < 1.29 is 31.5 Å². The molecule has 0 aliphatic rings. The number of amides is 1. The summed E-state index contributed by atoms with van der Waals surface area (Å²) in [5.41, 5.74) is -0.107. The molecule has 0 aliphatic heterocycles. The van der Waals surface area contributed by atoms with Crippen molar-refractivity contribution >= 4 is 16.8 Å². The van der Waals surface area contributed by atoms with Crippen LogP contribution in [0.3, 0.4) is 0 Å². The molecule has 0 radical (unpaired) electrons. The summed E-state index contributed by atoms with van der Waals surface area (Å²) < 4.78 is 67.5. The van der Waals surface area contributed by atoms with Crippen LogP contribution in [0.2, 0.25) is 0 Å². The van der Waals surface area contributed by atoms with Gasteiger partial charge >= 0.3 is 6.36 Å². The molecule has 10 heteroatoms. The van der Waals surface area contributed by atoms with Gasteiger partial charge in [0, 0.05) is 28.6 Å². The standard InChI is InChI=1S/C18H10F5N3O2/c19-10-2-4-12(13(20)6-10)16(8-24)26-17(27)15-5-9-1-3-11(7-14(9)25-15)28-18(21,22)23/h1-7,16,25H,(H,26,27). The maximum Gasteiger partial charge on any atom is 0.573 e. The van der Waals surface area contributed by atoms with Gasteiger partial charge in [-0.15, -0.1) is 13.2 Å². The number of nitrogens with zero attached hydrogens (tertiary/aromatic N) is 1. The number of alkyl halides is 3. The lowest BCUT2D eigenvalue weighted by atomic mass is 10.1. The van der Waals surface area contributed by atoms with Crippen LogP contribution < -0.4 is 10.1 Å². The Morgan fingerprint density at radius 1 is 1.14 bits per heavy atom. The summed E-state index contributed by atoms with van der Waals surface area (Å²) in [7, 11) is 0. The average molecular weight is 395 g/mol. The van der Waals surface area contributed by atoms with Gasteiger partial charge in [0.25, 0.3) is 5.91 Å². The monoisotopic (exact) mass is 395 g/mol. The molecule has 0 bridgehead atoms. The number of nitrogens with one attached hydrogen (secondary N) is 2. The van der Waals surface area contributed by atoms with E-state index in [0.29, 0.717) is 11.5 Å². The van der Waals surface area contributed by atoms with Crippen molar-refractivity contribution in [2.24, 2.45) is 0 Å². The third-order valence-corrected chi connectivity index (χ3v) is 3.75. The Hall–Kier alpha value is -3.61. The van der Waals surface area contributed by atoms with Crippen LogP contribution >= 0.6 is 0 Å². The molecule has 1 aromatic heterocycles. The van der Waals surface area contributed by atoms with Gasteiger partial charge in [-0.2, -0.15) is 5.26 Å². The van der Waals surface area contributed by atoms with Crippen LogP contribution in [0.15, 0.2) is 42.5 Å². The normalized spacial score (nSPS) is 12.4. The minimum atomic E-state index is -4.86. The van der Waals surface area contributed by atoms with E-state index in [0.717, 1.165) is 24.3 Å². The zero-order valence-electron chi connectivity index (χ0n) is 13.8. The van der Waals surface area contributed by atoms with Gasteiger partial charge in [0.1, 0.15) is 29.1 Å². The van der Waals surface area contributed by atoms with E-state index in [1.54, 1.807) is 6.07 Å². The number of H-pyrrole nitrogens is 1. The Morgan fingerprint density at radius 2 is 1.89 bits per heavy atom. The van der Waals surface area contributed by atoms with Gasteiger partial charge in [-0.05, 0) is 24.3 Å². The number of nitriles is 1. The fraction of sp³-hybridized carbons (Fsp3) is 0.111. The van der Waals surface area contributed by atoms with E-state index >= 15 is 0 Å². The number of halogens is 5. The second-order valence-electron chi connectivity index (χ2n) is 5.68. The molecule has 5 nitrogen and oxygen atoms in total. The van der Waals surface area contributed by atoms with Crippen LogP contribution in [0.5, 0.6) is 5.75 Å². The molecule has 2 N–H and O–H groups in total. The van der Waals surface area contributed by atoms with Gasteiger partial charge < -0.3 is 15.0 Å². The van der Waals surface area contributed by atoms with E-state index in [2.05, 4.69) is 15.0 Å². The number of fused-ring (bicyclic) bond motifs is 1. The van der Waals surface area contributed by atoms with Crippen LogP contribution in [0.25, 0.3) is 10.9 Å². The number of aromatic nitrogens is 1. The van der Waals surface area contributed by atoms with E-state index in [-0.39, 0.29) is 16.8 Å². The lowest BCUT2D eigenvalue weighted by molar-refractivity contribution is -0.274. The van der Waals surface area contributed by atoms with Gasteiger partial charge in [-0.1, -0.05) is 6.07 Å². The van der Waals surface area contributed by atoms with Gasteiger partial charge in [0.15, 0.2) is 0 Å². The summed E-state index contributed by atoms with van der Waals surface area (Å²) in [5, 5.41) is 11.9. The largest absolute Gasteiger partial charge is 0.573 e. The summed E-state index contributed by atoms with van der Waals surface area (Å²) in [5.74, 6) is -3.11. The van der Waals surface area contributed by atoms with Crippen LogP contribution in [0.4, 0.5) is 22.0 Å². The third-order valence-electron chi connectivity index (χ3n) is 3.75. The van der Waals surface area contributed by atoms with E-state index < -0.39 is 35.7 Å². The fourth-order valence-corrected chi connectivity index (χ4v) is 2.55. The second-order valence-corrected chi connectivity index (χ2v) is 5.68. The summed E-state index contributed by atoms with van der Waals surface area (Å²) >= 11 is 0. The number of aromatic amines is 1. The summed E-state index contributed by atoms with van der Waals surface area (Å²) in [6.45, 7) is 0. The SMILES string of the molecule is N#CC(NC(=O)c1cc2ccc(OC(F)(F)F)cc2[nH]1)c1ccc(F)cc1F. The molecule has 144 valence electrons. The minimum Gasteiger partial charge on any atom is -0.406 e. The number of rotatable bonds is 4. The molecular weight excluding hydrogens is 385 g/mol. The fourth-order valence-electron chi connectivity index (χ4n) is 2.55. The van der Waals surface area contributed by atoms with Crippen LogP contribution in [-0.4, -0.2) is 17.3 Å². The molecule has 1 unspecified atom stereocenters. The molecule has 0 saturated heterocycles. The minimum absolute atomic E-state index is 0.0677. The molecule has 1 heterocycles. The predicted octanol–water partition coefficient (Wildman–Crippen LogP) is 4.34. The number of ether oxygens (including phenoxy) is 1. The molecule has 1 atom stereocenters. The molecule has 0 aliphatic carbocycles. The number of carbonyl (C=O) groups is 1. The molecule has 28 heavy (non-hydrogen) atoms. The lowest BCUT2D eigenvalue weighted by Gasteiger charge is -2.12. The van der Waals surface area contributed by atoms with Crippen molar-refractivity contribution in [2.45, 2.75) is 12.4 Å². The number of carbonyl (C=O) groups excluding carboxylic acids is 1. The van der Waals surface area contributed by atoms with Crippen molar-refractivity contribution in [1.29, 1.82) is 5.26 Å². The Balaban J connectivity index is 1.83. The van der Waals surface area contributed by atoms with E-state index in [1.165, 1.54) is 12.1 Å². The average Bonchev–Trinajstić information content (AvgIpc) is 3.02. The Bertz CT molecular complexity index is 1080. The number of hydrogen-bond acceptors (Lipinski definition) is 3. The molecule has 1 amide bonds. The molecule has 2 aromatic carbocycles. The highest BCUT2D eigenvalue weighted by Crippen LogP contribution is 2.27. The molecule has 0 spiro atoms. The highest BCUT2D eigenvalue weighted by molar-refractivity contribution is 5.98. The topological polar surface area (TPSA) is 77.9 Å². The first-order valence-corrected chi connectivity index (χ1v) is 7.70. The van der Waals surface area contributed by atoms with Crippen LogP contribution in [-0.2, 0) is 0 Å². The van der Waals surface area contributed by atoms with Crippen LogP contribution in [0.1, 0.15) is 22.1 Å². The summed E-state index contributed by atoms with van der Waals surface area (Å²) in [6.07, 6.45) is -4.86. The van der Waals surface area contributed by atoms with Gasteiger partial charge in [-0.25, -0.2) is 8.78 Å². The number of hydrogen-bond donors (Lipinski definition) is 2. The Labute approximate surface area is 154 Å². The lowest BCUT2D eigenvalue weighted by Crippen LogP contribution is -2.28. The quantitative estimate of drug-likeness (QED) is 0.645. The maximum atomic E-state index is 13.8. The van der Waals surface area contributed by atoms with Crippen molar-refractivity contribution in [3.63, 3.8) is 0 Å². The first-order chi connectivity index (χ1) is 13.2. The molecule has 3 aromatic rings. The van der Waals surface area contributed by atoms with E-state index in [1.807, 2.05) is 0 Å². The van der Waals surface area contributed by atoms with Crippen LogP contribution in [0, 0.1) is 23.0 Å². The first kappa shape index (κ1) is 19.2. The highest BCUT2D eigenvalue weighted by Gasteiger charge is 2.31. The smallest absolute Gasteiger partial charge is 0.406 e. The van der Waals surface area contributed by atoms with Gasteiger partial charge in [0.2, 0.25) is 0 Å². The second kappa shape index (κ2) is 7.19. The maximum absolute atomic E-state index is 13.8. The predicted molar refractivity (Wildman–Crippen MR) is 87.2 cm³/mol. The Morgan fingerprint density at radius 3 is 2.54 bits per heavy atom. The van der Waals surface area contributed by atoms with E-state index in [9.17, 15) is 32.0 Å². The summed E-state index contributed by atoms with van der Waals surface area (Å²) in [4.78, 5) is 15.0. The first-order valence-electron chi connectivity index (χ1n) is 7.70. The zero-order chi connectivity index (χ0) is 20.5. The summed E-state index contributed by atoms with van der Waals surface area (Å²) in [6, 6.07) is 7.65. The molecular formula is C18H10F5N3O2. The van der Waals surface area contributed by atoms with Crippen molar-refractivity contribution in [2.75, 3.05) is 0 Å². The molecule has 0 saturated carbocycles. The van der Waals surface area contributed by atoms with Gasteiger partial charge in [-0.3, -0.25) is 4.79 Å². The Kier molecular flexibility index (Phi) is 4.92. The molecule has 3 rings (SSSR count). The zero-order valence-corrected chi connectivity index (χ0v) is 13.8. The highest BCUT2D eigenvalue weighted by atomic mass is 19.4. The van der Waals surface area contributed by atoms with Crippen molar-refractivity contribution in [3.8, 4) is 11.8 Å². The van der Waals surface area contributed by atoms with E-state index in [4.69, 9.17) is 0 Å². The van der Waals surface area contributed by atoms with Crippen molar-refractivity contribution in [1.82, 2.24) is 10.3 Å². The van der Waals surface area contributed by atoms with Gasteiger partial charge in [0.05, 0.1) is 6.07 Å². The van der Waals surface area contributed by atoms with Crippen molar-refractivity contribution in [3.05, 3.63) is 65.4 Å². The molecule has 0 fully saturated rings.